The molecule has 4 atom stereocenters. The molecule has 166 valence electrons. The topological polar surface area (TPSA) is 81.9 Å². The van der Waals surface area contributed by atoms with Crippen molar-refractivity contribution in [2.45, 2.75) is 43.9 Å². The molecule has 2 aliphatic rings. The van der Waals surface area contributed by atoms with Crippen LogP contribution in [-0.4, -0.2) is 48.7 Å². The van der Waals surface area contributed by atoms with E-state index in [1.54, 1.807) is 24.3 Å². The summed E-state index contributed by atoms with van der Waals surface area (Å²) in [6.07, 6.45) is 2.74. The van der Waals surface area contributed by atoms with Crippen LogP contribution in [0.2, 0.25) is 0 Å². The molecule has 4 rings (SSSR count). The first-order chi connectivity index (χ1) is 14.5. The molecular formula is C24H29ClN2O4. The lowest BCUT2D eigenvalue weighted by molar-refractivity contribution is -0.159. The molecule has 2 aliphatic heterocycles. The van der Waals surface area contributed by atoms with Crippen molar-refractivity contribution in [1.29, 1.82) is 0 Å². The van der Waals surface area contributed by atoms with Gasteiger partial charge >= 0.3 is 11.9 Å². The lowest BCUT2D eigenvalue weighted by atomic mass is 9.87. The van der Waals surface area contributed by atoms with Crippen LogP contribution < -0.4 is 5.73 Å². The van der Waals surface area contributed by atoms with Gasteiger partial charge in [0.1, 0.15) is 12.0 Å². The summed E-state index contributed by atoms with van der Waals surface area (Å²) in [6, 6.07) is 16.8. The molecule has 2 aromatic rings. The number of carbonyl (C=O) groups excluding carboxylic acids is 2. The summed E-state index contributed by atoms with van der Waals surface area (Å²) >= 11 is 0. The summed E-state index contributed by atoms with van der Waals surface area (Å²) in [4.78, 5) is 27.9. The van der Waals surface area contributed by atoms with Gasteiger partial charge in [-0.05, 0) is 49.7 Å². The van der Waals surface area contributed by atoms with E-state index in [1.165, 1.54) is 0 Å². The van der Waals surface area contributed by atoms with Crippen molar-refractivity contribution in [3.63, 3.8) is 0 Å². The second kappa shape index (κ2) is 10.2. The number of rotatable bonds is 6. The fraction of sp³-hybridized carbons (Fsp3) is 0.417. The first-order valence-corrected chi connectivity index (χ1v) is 10.5. The van der Waals surface area contributed by atoms with Crippen molar-refractivity contribution in [3.8, 4) is 0 Å². The van der Waals surface area contributed by atoms with Gasteiger partial charge < -0.3 is 15.2 Å². The maximum Gasteiger partial charge on any atom is 0.338 e. The number of nitrogen functional groups attached to an aromatic ring is 1. The van der Waals surface area contributed by atoms with Crippen LogP contribution in [0.1, 0.15) is 35.2 Å². The number of nitrogens with zero attached hydrogens (tertiary/aromatic N) is 1. The molecule has 0 aromatic heterocycles. The lowest BCUT2D eigenvalue weighted by Crippen LogP contribution is -2.53. The van der Waals surface area contributed by atoms with E-state index in [-0.39, 0.29) is 30.4 Å². The molecular weight excluding hydrogens is 416 g/mol. The van der Waals surface area contributed by atoms with E-state index < -0.39 is 12.0 Å². The number of carbonyl (C=O) groups is 2. The minimum absolute atomic E-state index is 0. The smallest absolute Gasteiger partial charge is 0.338 e. The van der Waals surface area contributed by atoms with Gasteiger partial charge in [-0.15, -0.1) is 12.4 Å². The van der Waals surface area contributed by atoms with E-state index >= 15 is 0 Å². The van der Waals surface area contributed by atoms with Gasteiger partial charge in [-0.1, -0.05) is 30.3 Å². The number of esters is 2. The highest BCUT2D eigenvalue weighted by Crippen LogP contribution is 2.40. The number of fused-ring (bicyclic) bond motifs is 2. The molecule has 2 fully saturated rings. The van der Waals surface area contributed by atoms with E-state index in [0.717, 1.165) is 18.4 Å². The number of halogens is 1. The fourth-order valence-electron chi connectivity index (χ4n) is 4.68. The minimum Gasteiger partial charge on any atom is -0.465 e. The van der Waals surface area contributed by atoms with Gasteiger partial charge in [-0.25, -0.2) is 4.79 Å². The molecule has 2 aromatic carbocycles. The normalized spacial score (nSPS) is 24.8. The molecule has 0 amide bonds. The largest absolute Gasteiger partial charge is 0.465 e. The first-order valence-electron chi connectivity index (χ1n) is 10.5. The zero-order valence-corrected chi connectivity index (χ0v) is 18.4. The Hall–Kier alpha value is -2.57. The summed E-state index contributed by atoms with van der Waals surface area (Å²) in [6.45, 7) is 0.290. The summed E-state index contributed by atoms with van der Waals surface area (Å²) in [7, 11) is 2.05. The maximum absolute atomic E-state index is 13.0. The van der Waals surface area contributed by atoms with E-state index in [4.69, 9.17) is 15.2 Å². The molecule has 0 saturated carbocycles. The molecule has 0 aliphatic carbocycles. The van der Waals surface area contributed by atoms with Crippen molar-refractivity contribution >= 4 is 30.0 Å². The highest BCUT2D eigenvalue weighted by atomic mass is 35.5. The quantitative estimate of drug-likeness (QED) is 0.542. The lowest BCUT2D eigenvalue weighted by Gasteiger charge is -2.40. The Morgan fingerprint density at radius 1 is 1.06 bits per heavy atom. The number of piperidine rings is 1. The maximum atomic E-state index is 13.0. The Bertz CT molecular complexity index is 890. The van der Waals surface area contributed by atoms with Gasteiger partial charge in [0.15, 0.2) is 0 Å². The van der Waals surface area contributed by atoms with Crippen molar-refractivity contribution < 1.29 is 19.1 Å². The van der Waals surface area contributed by atoms with Crippen LogP contribution in [0.3, 0.4) is 0 Å². The Balaban J connectivity index is 0.00000272. The van der Waals surface area contributed by atoms with E-state index in [1.807, 2.05) is 37.4 Å². The Kier molecular flexibility index (Phi) is 7.57. The Morgan fingerprint density at radius 3 is 2.48 bits per heavy atom. The molecule has 2 heterocycles. The van der Waals surface area contributed by atoms with Gasteiger partial charge in [0.25, 0.3) is 0 Å². The number of hydrogen-bond donors (Lipinski definition) is 1. The summed E-state index contributed by atoms with van der Waals surface area (Å²) in [5.74, 6) is -1.13. The molecule has 6 nitrogen and oxygen atoms in total. The second-order valence-electron chi connectivity index (χ2n) is 8.19. The van der Waals surface area contributed by atoms with Gasteiger partial charge in [0, 0.05) is 30.6 Å². The summed E-state index contributed by atoms with van der Waals surface area (Å²) in [5, 5.41) is 0. The molecule has 2 bridgehead atoms. The van der Waals surface area contributed by atoms with Crippen molar-refractivity contribution in [3.05, 3.63) is 65.7 Å². The highest BCUT2D eigenvalue weighted by molar-refractivity contribution is 5.89. The number of ether oxygens (including phenoxy) is 2. The third-order valence-electron chi connectivity index (χ3n) is 6.37. The summed E-state index contributed by atoms with van der Waals surface area (Å²) < 4.78 is 11.5. The van der Waals surface area contributed by atoms with E-state index in [9.17, 15) is 9.59 Å². The van der Waals surface area contributed by atoms with Gasteiger partial charge in [0.05, 0.1) is 12.2 Å². The Labute approximate surface area is 189 Å². The molecule has 0 spiro atoms. The zero-order chi connectivity index (χ0) is 21.1. The SMILES string of the molecule is CN1C2CC[C@@H]1C[C@H](OC(=O)c1ccccc1)C2C(=O)OCCc1ccc(N)cc1.Cl. The number of anilines is 1. The molecule has 0 radical (unpaired) electrons. The van der Waals surface area contributed by atoms with Crippen LogP contribution in [0.15, 0.2) is 54.6 Å². The fourth-order valence-corrected chi connectivity index (χ4v) is 4.68. The van der Waals surface area contributed by atoms with Crippen LogP contribution >= 0.6 is 12.4 Å². The minimum atomic E-state index is -0.465. The number of hydrogen-bond acceptors (Lipinski definition) is 6. The van der Waals surface area contributed by atoms with Crippen LogP contribution in [-0.2, 0) is 20.7 Å². The van der Waals surface area contributed by atoms with Crippen LogP contribution in [0, 0.1) is 5.92 Å². The highest BCUT2D eigenvalue weighted by Gasteiger charge is 2.51. The van der Waals surface area contributed by atoms with Gasteiger partial charge in [0.2, 0.25) is 0 Å². The van der Waals surface area contributed by atoms with Crippen molar-refractivity contribution in [1.82, 2.24) is 4.90 Å². The summed E-state index contributed by atoms with van der Waals surface area (Å²) in [5.41, 5.74) is 7.98. The molecule has 2 unspecified atom stereocenters. The van der Waals surface area contributed by atoms with Crippen LogP contribution in [0.4, 0.5) is 5.69 Å². The molecule has 2 saturated heterocycles. The number of nitrogens with two attached hydrogens (primary N) is 1. The van der Waals surface area contributed by atoms with E-state index in [2.05, 4.69) is 4.90 Å². The predicted molar refractivity (Wildman–Crippen MR) is 121 cm³/mol. The van der Waals surface area contributed by atoms with Gasteiger partial charge in [-0.2, -0.15) is 0 Å². The average molecular weight is 445 g/mol. The second-order valence-corrected chi connectivity index (χ2v) is 8.19. The predicted octanol–water partition coefficient (Wildman–Crippen LogP) is 3.48. The van der Waals surface area contributed by atoms with Gasteiger partial charge in [-0.3, -0.25) is 9.69 Å². The third kappa shape index (κ3) is 5.20. The van der Waals surface area contributed by atoms with E-state index in [0.29, 0.717) is 36.7 Å². The monoisotopic (exact) mass is 444 g/mol. The average Bonchev–Trinajstić information content (AvgIpc) is 2.98. The third-order valence-corrected chi connectivity index (χ3v) is 6.37. The first kappa shape index (κ1) is 23.1. The van der Waals surface area contributed by atoms with Crippen LogP contribution in [0.25, 0.3) is 0 Å². The molecule has 2 N–H and O–H groups in total. The molecule has 31 heavy (non-hydrogen) atoms. The standard InChI is InChI=1S/C24H28N2O4.ClH/c1-26-19-11-12-20(26)22(21(15-19)30-23(27)17-5-3-2-4-6-17)24(28)29-14-13-16-7-9-18(25)10-8-16;/h2-10,19-22H,11-15,25H2,1H3;1H/t19-,20?,21+,22?;/m1./s1. The Morgan fingerprint density at radius 2 is 1.77 bits per heavy atom. The van der Waals surface area contributed by atoms with Crippen molar-refractivity contribution in [2.75, 3.05) is 19.4 Å². The van der Waals surface area contributed by atoms with Crippen molar-refractivity contribution in [2.24, 2.45) is 5.92 Å². The number of benzene rings is 2. The van der Waals surface area contributed by atoms with Crippen LogP contribution in [0.5, 0.6) is 0 Å². The molecule has 7 heteroatoms. The zero-order valence-electron chi connectivity index (χ0n) is 17.6.